The monoisotopic (exact) mass is 370 g/mol. The molecule has 2 heterocycles. The van der Waals surface area contributed by atoms with Crippen LogP contribution in [-0.4, -0.2) is 59.6 Å². The lowest BCUT2D eigenvalue weighted by atomic mass is 9.96. The first-order chi connectivity index (χ1) is 13.2. The maximum absolute atomic E-state index is 5.34. The van der Waals surface area contributed by atoms with Crippen molar-refractivity contribution < 1.29 is 4.74 Å². The van der Waals surface area contributed by atoms with Crippen LogP contribution in [0.1, 0.15) is 36.7 Å². The summed E-state index contributed by atoms with van der Waals surface area (Å²) in [5.41, 5.74) is 3.74. The topological polar surface area (TPSA) is 44.4 Å². The number of nitrogens with one attached hydrogen (secondary N) is 1. The van der Waals surface area contributed by atoms with Gasteiger partial charge in [-0.3, -0.25) is 4.90 Å². The van der Waals surface area contributed by atoms with Crippen LogP contribution in [-0.2, 0) is 13.0 Å². The summed E-state index contributed by atoms with van der Waals surface area (Å²) in [6.07, 6.45) is 5.54. The number of hydrogen-bond acceptors (Lipinski definition) is 4. The molecule has 0 aliphatic carbocycles. The molecular weight excluding hydrogens is 336 g/mol. The molecule has 1 unspecified atom stereocenters. The molecule has 27 heavy (non-hydrogen) atoms. The van der Waals surface area contributed by atoms with Gasteiger partial charge in [0.2, 0.25) is 0 Å². The molecule has 0 saturated carbocycles. The third-order valence-corrected chi connectivity index (χ3v) is 5.73. The van der Waals surface area contributed by atoms with Crippen LogP contribution in [0.4, 0.5) is 0 Å². The van der Waals surface area contributed by atoms with Gasteiger partial charge in [-0.25, -0.2) is 4.98 Å². The molecule has 0 amide bonds. The number of ether oxygens (including phenoxy) is 1. The number of likely N-dealkylation sites (tertiary alicyclic amines) is 1. The molecule has 0 radical (unpaired) electrons. The van der Waals surface area contributed by atoms with Crippen molar-refractivity contribution in [3.05, 3.63) is 47.5 Å². The molecule has 1 aliphatic rings. The van der Waals surface area contributed by atoms with Gasteiger partial charge < -0.3 is 14.6 Å². The van der Waals surface area contributed by atoms with Crippen molar-refractivity contribution in [1.29, 1.82) is 0 Å². The van der Waals surface area contributed by atoms with Crippen molar-refractivity contribution in [1.82, 2.24) is 19.8 Å². The Bertz CT molecular complexity index is 699. The zero-order chi connectivity index (χ0) is 19.1. The molecule has 1 atom stereocenters. The van der Waals surface area contributed by atoms with E-state index in [1.54, 1.807) is 13.4 Å². The number of aromatic nitrogens is 2. The van der Waals surface area contributed by atoms with E-state index in [-0.39, 0.29) is 0 Å². The van der Waals surface area contributed by atoms with E-state index in [0.717, 1.165) is 37.7 Å². The van der Waals surface area contributed by atoms with Crippen LogP contribution in [0, 0.1) is 12.8 Å². The Morgan fingerprint density at radius 2 is 2.26 bits per heavy atom. The van der Waals surface area contributed by atoms with Crippen LogP contribution in [0.3, 0.4) is 0 Å². The smallest absolute Gasteiger partial charge is 0.119 e. The number of nitrogens with zero attached hydrogens (tertiary/aromatic N) is 3. The minimum Gasteiger partial charge on any atom is -0.497 e. The fourth-order valence-corrected chi connectivity index (χ4v) is 4.05. The van der Waals surface area contributed by atoms with Crippen molar-refractivity contribution >= 4 is 0 Å². The predicted octanol–water partition coefficient (Wildman–Crippen LogP) is 3.50. The Morgan fingerprint density at radius 1 is 1.37 bits per heavy atom. The van der Waals surface area contributed by atoms with E-state index < -0.39 is 0 Å². The normalized spacial score (nSPS) is 18.1. The largest absolute Gasteiger partial charge is 0.497 e. The molecule has 1 aromatic carbocycles. The highest BCUT2D eigenvalue weighted by Crippen LogP contribution is 2.20. The number of imidazole rings is 1. The van der Waals surface area contributed by atoms with Crippen molar-refractivity contribution in [3.8, 4) is 5.75 Å². The third kappa shape index (κ3) is 5.81. The summed E-state index contributed by atoms with van der Waals surface area (Å²) in [4.78, 5) is 12.8. The quantitative estimate of drug-likeness (QED) is 0.734. The van der Waals surface area contributed by atoms with Gasteiger partial charge >= 0.3 is 0 Å². The van der Waals surface area contributed by atoms with Crippen LogP contribution >= 0.6 is 0 Å². The van der Waals surface area contributed by atoms with E-state index in [4.69, 9.17) is 4.74 Å². The van der Waals surface area contributed by atoms with Gasteiger partial charge in [0, 0.05) is 31.9 Å². The number of aromatic amines is 1. The Labute approximate surface area is 163 Å². The second-order valence-electron chi connectivity index (χ2n) is 7.71. The number of H-pyrrole nitrogens is 1. The number of hydrogen-bond donors (Lipinski definition) is 1. The van der Waals surface area contributed by atoms with Gasteiger partial charge in [-0.1, -0.05) is 19.1 Å². The lowest BCUT2D eigenvalue weighted by Crippen LogP contribution is -2.41. The Kier molecular flexibility index (Phi) is 7.30. The molecule has 5 heteroatoms. The van der Waals surface area contributed by atoms with Crippen molar-refractivity contribution in [2.24, 2.45) is 5.92 Å². The standard InChI is InChI=1S/C22H34N4O/c1-4-25(16-22-18(2)23-17-24-22)14-20-8-6-11-26(15-20)12-10-19-7-5-9-21(13-19)27-3/h5,7,9,13,17,20H,4,6,8,10-12,14-16H2,1-3H3,(H,23,24). The number of aryl methyl sites for hydroxylation is 1. The number of methoxy groups -OCH3 is 1. The first kappa shape index (κ1) is 19.9. The summed E-state index contributed by atoms with van der Waals surface area (Å²) in [5.74, 6) is 1.71. The number of rotatable bonds is 9. The highest BCUT2D eigenvalue weighted by Gasteiger charge is 2.22. The summed E-state index contributed by atoms with van der Waals surface area (Å²) in [6, 6.07) is 8.46. The van der Waals surface area contributed by atoms with Crippen LogP contribution in [0.15, 0.2) is 30.6 Å². The highest BCUT2D eigenvalue weighted by atomic mass is 16.5. The van der Waals surface area contributed by atoms with Crippen LogP contribution in [0.5, 0.6) is 5.75 Å². The maximum Gasteiger partial charge on any atom is 0.119 e. The molecule has 148 valence electrons. The highest BCUT2D eigenvalue weighted by molar-refractivity contribution is 5.28. The van der Waals surface area contributed by atoms with Gasteiger partial charge in [-0.05, 0) is 62.9 Å². The first-order valence-corrected chi connectivity index (χ1v) is 10.2. The number of piperidine rings is 1. The molecule has 0 bridgehead atoms. The molecular formula is C22H34N4O. The van der Waals surface area contributed by atoms with E-state index in [1.165, 1.54) is 49.4 Å². The molecule has 1 aliphatic heterocycles. The number of benzene rings is 1. The summed E-state index contributed by atoms with van der Waals surface area (Å²) in [7, 11) is 1.73. The second kappa shape index (κ2) is 9.90. The van der Waals surface area contributed by atoms with Crippen molar-refractivity contribution in [3.63, 3.8) is 0 Å². The van der Waals surface area contributed by atoms with Gasteiger partial charge in [-0.15, -0.1) is 0 Å². The van der Waals surface area contributed by atoms with E-state index in [1.807, 2.05) is 6.07 Å². The van der Waals surface area contributed by atoms with Gasteiger partial charge in [-0.2, -0.15) is 0 Å². The Balaban J connectivity index is 1.48. The molecule has 1 N–H and O–H groups in total. The average Bonchev–Trinajstić information content (AvgIpc) is 3.11. The zero-order valence-electron chi connectivity index (χ0n) is 17.1. The molecule has 3 rings (SSSR count). The minimum absolute atomic E-state index is 0.753. The fourth-order valence-electron chi connectivity index (χ4n) is 4.05. The predicted molar refractivity (Wildman–Crippen MR) is 110 cm³/mol. The van der Waals surface area contributed by atoms with E-state index in [9.17, 15) is 0 Å². The molecule has 0 spiro atoms. The van der Waals surface area contributed by atoms with Crippen LogP contribution in [0.25, 0.3) is 0 Å². The Morgan fingerprint density at radius 3 is 3.00 bits per heavy atom. The lowest BCUT2D eigenvalue weighted by molar-refractivity contribution is 0.132. The van der Waals surface area contributed by atoms with Gasteiger partial charge in [0.15, 0.2) is 0 Å². The molecule has 5 nitrogen and oxygen atoms in total. The SMILES string of the molecule is CCN(Cc1nc[nH]c1C)CC1CCCN(CCc2cccc(OC)c2)C1. The third-order valence-electron chi connectivity index (χ3n) is 5.73. The summed E-state index contributed by atoms with van der Waals surface area (Å²) >= 11 is 0. The second-order valence-corrected chi connectivity index (χ2v) is 7.71. The van der Waals surface area contributed by atoms with E-state index in [2.05, 4.69) is 51.8 Å². The summed E-state index contributed by atoms with van der Waals surface area (Å²) in [5, 5.41) is 0. The lowest BCUT2D eigenvalue weighted by Gasteiger charge is -2.35. The zero-order valence-corrected chi connectivity index (χ0v) is 17.1. The van der Waals surface area contributed by atoms with E-state index >= 15 is 0 Å². The van der Waals surface area contributed by atoms with E-state index in [0.29, 0.717) is 0 Å². The summed E-state index contributed by atoms with van der Waals surface area (Å²) in [6.45, 7) is 11.1. The Hall–Kier alpha value is -1.85. The molecule has 1 aromatic heterocycles. The molecule has 2 aromatic rings. The fraction of sp³-hybridized carbons (Fsp3) is 0.591. The van der Waals surface area contributed by atoms with Crippen molar-refractivity contribution in [2.45, 2.75) is 39.7 Å². The first-order valence-electron chi connectivity index (χ1n) is 10.2. The van der Waals surface area contributed by atoms with Gasteiger partial charge in [0.05, 0.1) is 19.1 Å². The minimum atomic E-state index is 0.753. The maximum atomic E-state index is 5.34. The van der Waals surface area contributed by atoms with Crippen molar-refractivity contribution in [2.75, 3.05) is 39.8 Å². The molecule has 1 saturated heterocycles. The van der Waals surface area contributed by atoms with Crippen LogP contribution < -0.4 is 4.74 Å². The summed E-state index contributed by atoms with van der Waals surface area (Å²) < 4.78 is 5.34. The van der Waals surface area contributed by atoms with Gasteiger partial charge in [0.25, 0.3) is 0 Å². The average molecular weight is 371 g/mol. The molecule has 1 fully saturated rings. The van der Waals surface area contributed by atoms with Gasteiger partial charge in [0.1, 0.15) is 5.75 Å². The van der Waals surface area contributed by atoms with Crippen LogP contribution in [0.2, 0.25) is 0 Å².